The summed E-state index contributed by atoms with van der Waals surface area (Å²) >= 11 is 0. The molecule has 0 spiro atoms. The van der Waals surface area contributed by atoms with Gasteiger partial charge in [0.1, 0.15) is 48.8 Å². The molecule has 0 aliphatic carbocycles. The van der Waals surface area contributed by atoms with Crippen molar-refractivity contribution < 1.29 is 54.7 Å². The highest BCUT2D eigenvalue weighted by Gasteiger charge is 2.50. The van der Waals surface area contributed by atoms with Crippen molar-refractivity contribution in [1.82, 2.24) is 0 Å². The largest absolute Gasteiger partial charge is 0.394 e. The van der Waals surface area contributed by atoms with Crippen LogP contribution in [0.1, 0.15) is 92.4 Å². The average Bonchev–Trinajstić information content (AvgIpc) is 2.96. The van der Waals surface area contributed by atoms with Gasteiger partial charge in [0.15, 0.2) is 12.6 Å². The van der Waals surface area contributed by atoms with Gasteiger partial charge in [-0.05, 0) is 37.5 Å². The van der Waals surface area contributed by atoms with E-state index in [2.05, 4.69) is 27.7 Å². The van der Waals surface area contributed by atoms with Crippen LogP contribution in [0.15, 0.2) is 11.6 Å². The Hall–Kier alpha value is -0.700. The second-order valence-corrected chi connectivity index (χ2v) is 13.2. The van der Waals surface area contributed by atoms with Crippen molar-refractivity contribution in [3.8, 4) is 0 Å². The molecule has 2 heterocycles. The van der Waals surface area contributed by atoms with E-state index in [1.165, 1.54) is 44.9 Å². The molecule has 12 atom stereocenters. The highest BCUT2D eigenvalue weighted by Crippen LogP contribution is 2.30. The molecule has 2 aliphatic rings. The minimum absolute atomic E-state index is 0.140. The standard InChI is InChI=1S/C32H60O11/c1-19(2)9-6-10-20(3)11-7-12-21(4)13-8-14-22(5)15-16-40-31-29(39)27(37)30(24(18-34)42-31)43-32-28(38)26(36)25(35)23(17-33)41-32/h15,19-21,23-39H,6-14,16-18H2,1-5H3/b22-15+. The van der Waals surface area contributed by atoms with Crippen LogP contribution >= 0.6 is 0 Å². The maximum absolute atomic E-state index is 10.7. The van der Waals surface area contributed by atoms with E-state index < -0.39 is 74.6 Å². The molecule has 11 nitrogen and oxygen atoms in total. The third-order valence-corrected chi connectivity index (χ3v) is 8.79. The van der Waals surface area contributed by atoms with Crippen molar-refractivity contribution in [2.45, 2.75) is 154 Å². The van der Waals surface area contributed by atoms with Crippen LogP contribution in [0.5, 0.6) is 0 Å². The Morgan fingerprint density at radius 3 is 1.79 bits per heavy atom. The molecule has 2 aliphatic heterocycles. The van der Waals surface area contributed by atoms with Crippen LogP contribution in [-0.4, -0.2) is 117 Å². The number of aliphatic hydroxyl groups is 7. The zero-order valence-electron chi connectivity index (χ0n) is 26.8. The fraction of sp³-hybridized carbons (Fsp3) is 0.938. The zero-order chi connectivity index (χ0) is 32.1. The van der Waals surface area contributed by atoms with Gasteiger partial charge >= 0.3 is 0 Å². The lowest BCUT2D eigenvalue weighted by molar-refractivity contribution is -0.358. The van der Waals surface area contributed by atoms with Gasteiger partial charge in [0.25, 0.3) is 0 Å². The van der Waals surface area contributed by atoms with Crippen molar-refractivity contribution in [2.75, 3.05) is 19.8 Å². The highest BCUT2D eigenvalue weighted by atomic mass is 16.7. The number of aliphatic hydroxyl groups excluding tert-OH is 7. The molecule has 11 heteroatoms. The zero-order valence-corrected chi connectivity index (χ0v) is 26.8. The van der Waals surface area contributed by atoms with Crippen LogP contribution < -0.4 is 0 Å². The van der Waals surface area contributed by atoms with E-state index in [0.717, 1.165) is 30.3 Å². The maximum atomic E-state index is 10.7. The van der Waals surface area contributed by atoms with Crippen LogP contribution in [0, 0.1) is 17.8 Å². The Labute approximate surface area is 257 Å². The summed E-state index contributed by atoms with van der Waals surface area (Å²) in [6, 6.07) is 0. The van der Waals surface area contributed by atoms with Crippen molar-refractivity contribution >= 4 is 0 Å². The van der Waals surface area contributed by atoms with Gasteiger partial charge in [0, 0.05) is 0 Å². The molecular formula is C32H60O11. The first-order valence-corrected chi connectivity index (χ1v) is 16.2. The first-order valence-electron chi connectivity index (χ1n) is 16.2. The number of hydrogen-bond donors (Lipinski definition) is 7. The first-order chi connectivity index (χ1) is 20.4. The lowest BCUT2D eigenvalue weighted by Gasteiger charge is -2.45. The van der Waals surface area contributed by atoms with E-state index in [9.17, 15) is 35.7 Å². The van der Waals surface area contributed by atoms with Gasteiger partial charge in [-0.15, -0.1) is 0 Å². The van der Waals surface area contributed by atoms with Gasteiger partial charge in [-0.2, -0.15) is 0 Å². The summed E-state index contributed by atoms with van der Waals surface area (Å²) in [6.07, 6.45) is -1.67. The summed E-state index contributed by atoms with van der Waals surface area (Å²) in [7, 11) is 0. The normalized spacial score (nSPS) is 35.3. The van der Waals surface area contributed by atoms with Crippen LogP contribution in [0.3, 0.4) is 0 Å². The molecule has 2 fully saturated rings. The van der Waals surface area contributed by atoms with E-state index in [4.69, 9.17) is 18.9 Å². The summed E-state index contributed by atoms with van der Waals surface area (Å²) < 4.78 is 22.2. The van der Waals surface area contributed by atoms with Crippen LogP contribution in [0.4, 0.5) is 0 Å². The third-order valence-electron chi connectivity index (χ3n) is 8.79. The second kappa shape index (κ2) is 19.7. The third kappa shape index (κ3) is 12.5. The van der Waals surface area contributed by atoms with Crippen molar-refractivity contribution in [1.29, 1.82) is 0 Å². The van der Waals surface area contributed by atoms with Gasteiger partial charge in [-0.3, -0.25) is 0 Å². The van der Waals surface area contributed by atoms with E-state index >= 15 is 0 Å². The molecule has 2 rings (SSSR count). The molecule has 12 unspecified atom stereocenters. The molecular weight excluding hydrogens is 560 g/mol. The Morgan fingerprint density at radius 1 is 0.674 bits per heavy atom. The molecule has 0 amide bonds. The predicted octanol–water partition coefficient (Wildman–Crippen LogP) is 2.01. The van der Waals surface area contributed by atoms with Crippen molar-refractivity contribution in [2.24, 2.45) is 17.8 Å². The smallest absolute Gasteiger partial charge is 0.187 e. The van der Waals surface area contributed by atoms with E-state index in [1.54, 1.807) is 0 Å². The minimum Gasteiger partial charge on any atom is -0.394 e. The summed E-state index contributed by atoms with van der Waals surface area (Å²) in [6.45, 7) is 10.2. The van der Waals surface area contributed by atoms with Gasteiger partial charge in [0.05, 0.1) is 19.8 Å². The topological polar surface area (TPSA) is 179 Å². The van der Waals surface area contributed by atoms with Gasteiger partial charge in [0.2, 0.25) is 0 Å². The second-order valence-electron chi connectivity index (χ2n) is 13.2. The Kier molecular flexibility index (Phi) is 17.7. The summed E-state index contributed by atoms with van der Waals surface area (Å²) in [5.41, 5.74) is 1.15. The van der Waals surface area contributed by atoms with Crippen molar-refractivity contribution in [3.05, 3.63) is 11.6 Å². The van der Waals surface area contributed by atoms with E-state index in [-0.39, 0.29) is 6.61 Å². The molecule has 0 aromatic rings. The summed E-state index contributed by atoms with van der Waals surface area (Å²) in [4.78, 5) is 0. The molecule has 0 radical (unpaired) electrons. The molecule has 0 bridgehead atoms. The van der Waals surface area contributed by atoms with E-state index in [0.29, 0.717) is 5.92 Å². The summed E-state index contributed by atoms with van der Waals surface area (Å²) in [5, 5.41) is 70.8. The Bertz CT molecular complexity index is 776. The fourth-order valence-electron chi connectivity index (χ4n) is 5.79. The molecule has 0 aromatic carbocycles. The van der Waals surface area contributed by atoms with Gasteiger partial charge in [-0.1, -0.05) is 84.3 Å². The van der Waals surface area contributed by atoms with Crippen molar-refractivity contribution in [3.63, 3.8) is 0 Å². The molecule has 7 N–H and O–H groups in total. The monoisotopic (exact) mass is 620 g/mol. The number of hydrogen-bond acceptors (Lipinski definition) is 11. The highest BCUT2D eigenvalue weighted by molar-refractivity contribution is 4.99. The van der Waals surface area contributed by atoms with E-state index in [1.807, 2.05) is 13.0 Å². The van der Waals surface area contributed by atoms with Crippen LogP contribution in [0.2, 0.25) is 0 Å². The molecule has 254 valence electrons. The molecule has 43 heavy (non-hydrogen) atoms. The van der Waals surface area contributed by atoms with Crippen LogP contribution in [-0.2, 0) is 18.9 Å². The maximum Gasteiger partial charge on any atom is 0.187 e. The Balaban J connectivity index is 1.73. The minimum atomic E-state index is -1.71. The molecule has 0 saturated carbocycles. The van der Waals surface area contributed by atoms with Gasteiger partial charge in [-0.25, -0.2) is 0 Å². The number of rotatable bonds is 19. The van der Waals surface area contributed by atoms with Gasteiger partial charge < -0.3 is 54.7 Å². The van der Waals surface area contributed by atoms with Crippen LogP contribution in [0.25, 0.3) is 0 Å². The first kappa shape index (κ1) is 38.5. The lowest BCUT2D eigenvalue weighted by atomic mass is 9.91. The lowest BCUT2D eigenvalue weighted by Crippen LogP contribution is -2.64. The number of ether oxygens (including phenoxy) is 4. The molecule has 2 saturated heterocycles. The molecule has 0 aromatic heterocycles. The number of allylic oxidation sites excluding steroid dienone is 1. The fourth-order valence-corrected chi connectivity index (χ4v) is 5.79. The quantitative estimate of drug-likeness (QED) is 0.105. The SMILES string of the molecule is C/C(=C\COC1OC(CO)C(OC2OC(CO)C(O)C(O)C2O)C(O)C1O)CCCC(C)CCCC(C)CCCC(C)C. The Morgan fingerprint density at radius 2 is 1.21 bits per heavy atom. The summed E-state index contributed by atoms with van der Waals surface area (Å²) in [5.74, 6) is 2.28. The predicted molar refractivity (Wildman–Crippen MR) is 161 cm³/mol. The average molecular weight is 621 g/mol.